The van der Waals surface area contributed by atoms with Crippen LogP contribution >= 0.6 is 34.7 Å². The van der Waals surface area contributed by atoms with E-state index >= 15 is 0 Å². The van der Waals surface area contributed by atoms with Crippen molar-refractivity contribution < 1.29 is 4.79 Å². The van der Waals surface area contributed by atoms with Gasteiger partial charge in [-0.3, -0.25) is 14.8 Å². The van der Waals surface area contributed by atoms with Crippen LogP contribution in [0, 0.1) is 11.3 Å². The molecular weight excluding hydrogens is 488 g/mol. The SMILES string of the molecule is C/C(=N\NC(=O)CSc1nc(-c2cnccn2)cc(-c2cccs2)c1C#N)c1ccc(Cl)cc1. The number of carbonyl (C=O) groups is 1. The van der Waals surface area contributed by atoms with Gasteiger partial charge in [-0.1, -0.05) is 41.6 Å². The number of thioether (sulfide) groups is 1. The topological polar surface area (TPSA) is 104 Å². The van der Waals surface area contributed by atoms with Gasteiger partial charge < -0.3 is 0 Å². The van der Waals surface area contributed by atoms with E-state index in [1.807, 2.05) is 35.7 Å². The fourth-order valence-electron chi connectivity index (χ4n) is 2.99. The normalized spacial score (nSPS) is 11.1. The Kier molecular flexibility index (Phi) is 7.65. The molecule has 0 aliphatic rings. The Bertz CT molecular complexity index is 1370. The van der Waals surface area contributed by atoms with Crippen molar-refractivity contribution in [3.63, 3.8) is 0 Å². The maximum absolute atomic E-state index is 12.5. The third-order valence-electron chi connectivity index (χ3n) is 4.66. The number of thiophene rings is 1. The molecular formula is C24H17ClN6OS2. The van der Waals surface area contributed by atoms with Crippen LogP contribution in [0.2, 0.25) is 5.02 Å². The molecule has 0 saturated carbocycles. The Morgan fingerprint density at radius 3 is 2.74 bits per heavy atom. The number of aromatic nitrogens is 3. The van der Waals surface area contributed by atoms with Crippen LogP contribution in [0.3, 0.4) is 0 Å². The molecule has 3 aromatic heterocycles. The molecule has 7 nitrogen and oxygen atoms in total. The highest BCUT2D eigenvalue weighted by molar-refractivity contribution is 8.00. The molecule has 0 radical (unpaired) electrons. The highest BCUT2D eigenvalue weighted by Crippen LogP contribution is 2.35. The first-order valence-electron chi connectivity index (χ1n) is 10.0. The average Bonchev–Trinajstić information content (AvgIpc) is 3.41. The van der Waals surface area contributed by atoms with Crippen LogP contribution in [0.15, 0.2) is 76.6 Å². The minimum Gasteiger partial charge on any atom is -0.272 e. The number of nitriles is 1. The number of nitrogens with one attached hydrogen (secondary N) is 1. The molecule has 1 amide bonds. The molecule has 4 rings (SSSR count). The van der Waals surface area contributed by atoms with E-state index in [1.54, 1.807) is 37.6 Å². The summed E-state index contributed by atoms with van der Waals surface area (Å²) in [6.45, 7) is 1.80. The first kappa shape index (κ1) is 23.6. The van der Waals surface area contributed by atoms with Gasteiger partial charge in [0.25, 0.3) is 0 Å². The van der Waals surface area contributed by atoms with Crippen LogP contribution in [0.25, 0.3) is 21.8 Å². The lowest BCUT2D eigenvalue weighted by molar-refractivity contribution is -0.118. The fraction of sp³-hybridized carbons (Fsp3) is 0.0833. The largest absolute Gasteiger partial charge is 0.272 e. The lowest BCUT2D eigenvalue weighted by Gasteiger charge is -2.10. The Balaban J connectivity index is 1.56. The van der Waals surface area contributed by atoms with E-state index in [1.165, 1.54) is 23.1 Å². The third-order valence-corrected chi connectivity index (χ3v) is 6.79. The van der Waals surface area contributed by atoms with Crippen molar-refractivity contribution in [3.8, 4) is 27.9 Å². The zero-order valence-electron chi connectivity index (χ0n) is 17.9. The number of benzene rings is 1. The van der Waals surface area contributed by atoms with Crippen molar-refractivity contribution in [3.05, 3.63) is 82.6 Å². The Labute approximate surface area is 209 Å². The van der Waals surface area contributed by atoms with E-state index in [4.69, 9.17) is 11.6 Å². The van der Waals surface area contributed by atoms with Crippen LogP contribution in [0.5, 0.6) is 0 Å². The number of amides is 1. The van der Waals surface area contributed by atoms with E-state index < -0.39 is 0 Å². The summed E-state index contributed by atoms with van der Waals surface area (Å²) in [5.74, 6) is -0.279. The van der Waals surface area contributed by atoms with Crippen molar-refractivity contribution in [2.45, 2.75) is 11.9 Å². The number of hydrogen-bond donors (Lipinski definition) is 1. The lowest BCUT2D eigenvalue weighted by atomic mass is 10.1. The van der Waals surface area contributed by atoms with E-state index in [-0.39, 0.29) is 11.7 Å². The van der Waals surface area contributed by atoms with Crippen molar-refractivity contribution in [2.75, 3.05) is 5.75 Å². The summed E-state index contributed by atoms with van der Waals surface area (Å²) in [6.07, 6.45) is 4.78. The van der Waals surface area contributed by atoms with Crippen molar-refractivity contribution >= 4 is 46.3 Å². The summed E-state index contributed by atoms with van der Waals surface area (Å²) >= 11 is 8.61. The van der Waals surface area contributed by atoms with Gasteiger partial charge in [0.05, 0.1) is 28.9 Å². The van der Waals surface area contributed by atoms with Gasteiger partial charge in [0.2, 0.25) is 5.91 Å². The van der Waals surface area contributed by atoms with Crippen molar-refractivity contribution in [1.29, 1.82) is 5.26 Å². The van der Waals surface area contributed by atoms with Crippen molar-refractivity contribution in [1.82, 2.24) is 20.4 Å². The standard InChI is InChI=1S/C24H17ClN6OS2/c1-15(16-4-6-17(25)7-5-16)30-31-23(32)14-34-24-19(12-26)18(22-3-2-10-33-22)11-20(29-24)21-13-27-8-9-28-21/h2-11,13H,14H2,1H3,(H,31,32)/b30-15+. The summed E-state index contributed by atoms with van der Waals surface area (Å²) in [5.41, 5.74) is 6.37. The summed E-state index contributed by atoms with van der Waals surface area (Å²) < 4.78 is 0. The van der Waals surface area contributed by atoms with Crippen LogP contribution in [0.1, 0.15) is 18.1 Å². The molecule has 168 valence electrons. The number of rotatable bonds is 7. The number of hydrazone groups is 1. The van der Waals surface area contributed by atoms with Gasteiger partial charge in [-0.05, 0) is 42.1 Å². The molecule has 1 aromatic carbocycles. The fourth-order valence-corrected chi connectivity index (χ4v) is 4.66. The quantitative estimate of drug-likeness (QED) is 0.204. The van der Waals surface area contributed by atoms with E-state index in [0.29, 0.717) is 32.7 Å². The molecule has 4 aromatic rings. The molecule has 3 heterocycles. The molecule has 0 aliphatic carbocycles. The second kappa shape index (κ2) is 11.0. The number of halogens is 1. The zero-order chi connectivity index (χ0) is 23.9. The maximum atomic E-state index is 12.5. The predicted molar refractivity (Wildman–Crippen MR) is 136 cm³/mol. The molecule has 1 N–H and O–H groups in total. The Hall–Kier alpha value is -3.58. The van der Waals surface area contributed by atoms with Crippen molar-refractivity contribution in [2.24, 2.45) is 5.10 Å². The molecule has 0 fully saturated rings. The van der Waals surface area contributed by atoms with Crippen LogP contribution in [-0.2, 0) is 4.79 Å². The van der Waals surface area contributed by atoms with Gasteiger partial charge >= 0.3 is 0 Å². The molecule has 0 spiro atoms. The van der Waals surface area contributed by atoms with Crippen LogP contribution in [0.4, 0.5) is 0 Å². The Morgan fingerprint density at radius 1 is 1.24 bits per heavy atom. The third kappa shape index (κ3) is 5.66. The predicted octanol–water partition coefficient (Wildman–Crippen LogP) is 5.42. The van der Waals surface area contributed by atoms with E-state index in [0.717, 1.165) is 16.0 Å². The van der Waals surface area contributed by atoms with Gasteiger partial charge in [-0.2, -0.15) is 10.4 Å². The molecule has 10 heteroatoms. The molecule has 34 heavy (non-hydrogen) atoms. The van der Waals surface area contributed by atoms with E-state index in [9.17, 15) is 10.1 Å². The summed E-state index contributed by atoms with van der Waals surface area (Å²) in [6, 6.07) is 15.1. The number of hydrogen-bond acceptors (Lipinski definition) is 8. The number of nitrogens with zero attached hydrogens (tertiary/aromatic N) is 5. The zero-order valence-corrected chi connectivity index (χ0v) is 20.3. The van der Waals surface area contributed by atoms with Crippen LogP contribution in [-0.4, -0.2) is 32.3 Å². The molecule has 0 atom stereocenters. The first-order valence-corrected chi connectivity index (χ1v) is 12.3. The minimum atomic E-state index is -0.313. The molecule has 0 bridgehead atoms. The number of carbonyl (C=O) groups excluding carboxylic acids is 1. The monoisotopic (exact) mass is 504 g/mol. The summed E-state index contributed by atoms with van der Waals surface area (Å²) in [7, 11) is 0. The second-order valence-electron chi connectivity index (χ2n) is 6.94. The van der Waals surface area contributed by atoms with Gasteiger partial charge in [0.1, 0.15) is 16.8 Å². The second-order valence-corrected chi connectivity index (χ2v) is 9.29. The van der Waals surface area contributed by atoms with Gasteiger partial charge in [0, 0.05) is 27.9 Å². The number of pyridine rings is 1. The molecule has 0 saturated heterocycles. The maximum Gasteiger partial charge on any atom is 0.250 e. The smallest absolute Gasteiger partial charge is 0.250 e. The highest BCUT2D eigenvalue weighted by atomic mass is 35.5. The van der Waals surface area contributed by atoms with Gasteiger partial charge in [0.15, 0.2) is 0 Å². The highest BCUT2D eigenvalue weighted by Gasteiger charge is 2.18. The Morgan fingerprint density at radius 2 is 2.06 bits per heavy atom. The molecule has 0 unspecified atom stereocenters. The average molecular weight is 505 g/mol. The lowest BCUT2D eigenvalue weighted by Crippen LogP contribution is -2.21. The van der Waals surface area contributed by atoms with Gasteiger partial charge in [-0.15, -0.1) is 11.3 Å². The van der Waals surface area contributed by atoms with Crippen LogP contribution < -0.4 is 5.43 Å². The summed E-state index contributed by atoms with van der Waals surface area (Å²) in [5, 5.41) is 17.1. The minimum absolute atomic E-state index is 0.0346. The summed E-state index contributed by atoms with van der Waals surface area (Å²) in [4.78, 5) is 26.5. The molecule has 0 aliphatic heterocycles. The van der Waals surface area contributed by atoms with E-state index in [2.05, 4.69) is 31.5 Å². The first-order chi connectivity index (χ1) is 16.5. The van der Waals surface area contributed by atoms with Gasteiger partial charge in [-0.25, -0.2) is 10.4 Å².